The summed E-state index contributed by atoms with van der Waals surface area (Å²) in [5.41, 5.74) is -2.43. The molecule has 0 aromatic carbocycles. The first kappa shape index (κ1) is 10.8. The largest absolute Gasteiger partial charge is 0.481 e. The molecule has 78 valence electrons. The van der Waals surface area contributed by atoms with E-state index in [1.807, 2.05) is 0 Å². The van der Waals surface area contributed by atoms with Gasteiger partial charge in [0.25, 0.3) is 0 Å². The zero-order valence-electron chi connectivity index (χ0n) is 8.28. The fraction of sp³-hybridized carbons (Fsp3) is 0.600. The van der Waals surface area contributed by atoms with Gasteiger partial charge in [-0.25, -0.2) is 0 Å². The number of carboxylic acid groups (broad SMARTS) is 2. The maximum atomic E-state index is 11.1. The maximum absolute atomic E-state index is 11.1. The van der Waals surface area contributed by atoms with E-state index in [0.29, 0.717) is 0 Å². The van der Waals surface area contributed by atoms with E-state index in [-0.39, 0.29) is 12.8 Å². The normalized spacial score (nSPS) is 36.7. The molecule has 2 N–H and O–H groups in total. The third-order valence-electron chi connectivity index (χ3n) is 3.38. The van der Waals surface area contributed by atoms with E-state index in [9.17, 15) is 9.59 Å². The van der Waals surface area contributed by atoms with Crippen molar-refractivity contribution < 1.29 is 19.8 Å². The van der Waals surface area contributed by atoms with Crippen molar-refractivity contribution in [1.82, 2.24) is 0 Å². The summed E-state index contributed by atoms with van der Waals surface area (Å²) in [6.07, 6.45) is 4.01. The summed E-state index contributed by atoms with van der Waals surface area (Å²) in [4.78, 5) is 22.2. The molecule has 0 amide bonds. The second kappa shape index (κ2) is 3.12. The lowest BCUT2D eigenvalue weighted by Gasteiger charge is -2.41. The summed E-state index contributed by atoms with van der Waals surface area (Å²) in [6, 6.07) is 0. The first-order chi connectivity index (χ1) is 6.34. The van der Waals surface area contributed by atoms with Gasteiger partial charge in [0, 0.05) is 0 Å². The van der Waals surface area contributed by atoms with Gasteiger partial charge in [-0.3, -0.25) is 9.59 Å². The summed E-state index contributed by atoms with van der Waals surface area (Å²) in [5, 5.41) is 18.2. The van der Waals surface area contributed by atoms with Crippen LogP contribution in [0.3, 0.4) is 0 Å². The Kier molecular flexibility index (Phi) is 2.39. The van der Waals surface area contributed by atoms with Gasteiger partial charge in [0.05, 0.1) is 10.8 Å². The number of rotatable bonds is 2. The SMILES string of the molecule is CC1(C(=O)O)CC=CCC1(C)C(=O)O. The molecule has 4 nitrogen and oxygen atoms in total. The van der Waals surface area contributed by atoms with Crippen molar-refractivity contribution in [3.8, 4) is 0 Å². The second-order valence-electron chi connectivity index (χ2n) is 4.15. The summed E-state index contributed by atoms with van der Waals surface area (Å²) in [7, 11) is 0. The van der Waals surface area contributed by atoms with Gasteiger partial charge < -0.3 is 10.2 Å². The molecular weight excluding hydrogens is 184 g/mol. The molecule has 14 heavy (non-hydrogen) atoms. The minimum Gasteiger partial charge on any atom is -0.481 e. The van der Waals surface area contributed by atoms with Crippen molar-refractivity contribution in [3.63, 3.8) is 0 Å². The Bertz CT molecular complexity index is 277. The first-order valence-electron chi connectivity index (χ1n) is 4.46. The smallest absolute Gasteiger partial charge is 0.310 e. The van der Waals surface area contributed by atoms with Gasteiger partial charge in [-0.1, -0.05) is 12.2 Å². The van der Waals surface area contributed by atoms with Crippen molar-refractivity contribution in [2.75, 3.05) is 0 Å². The maximum Gasteiger partial charge on any atom is 0.310 e. The van der Waals surface area contributed by atoms with E-state index in [0.717, 1.165) is 0 Å². The Hall–Kier alpha value is -1.32. The zero-order valence-corrected chi connectivity index (χ0v) is 8.28. The van der Waals surface area contributed by atoms with Crippen molar-refractivity contribution in [3.05, 3.63) is 12.2 Å². The summed E-state index contributed by atoms with van der Waals surface area (Å²) >= 11 is 0. The van der Waals surface area contributed by atoms with E-state index in [4.69, 9.17) is 10.2 Å². The molecule has 0 aromatic rings. The highest BCUT2D eigenvalue weighted by atomic mass is 16.4. The van der Waals surface area contributed by atoms with Crippen LogP contribution >= 0.6 is 0 Å². The van der Waals surface area contributed by atoms with Crippen molar-refractivity contribution in [1.29, 1.82) is 0 Å². The van der Waals surface area contributed by atoms with Crippen LogP contribution in [0.25, 0.3) is 0 Å². The van der Waals surface area contributed by atoms with Crippen molar-refractivity contribution in [2.45, 2.75) is 26.7 Å². The average Bonchev–Trinajstić information content (AvgIpc) is 2.09. The molecule has 0 heterocycles. The van der Waals surface area contributed by atoms with Crippen LogP contribution in [0, 0.1) is 10.8 Å². The predicted molar refractivity (Wildman–Crippen MR) is 49.9 cm³/mol. The Morgan fingerprint density at radius 2 is 1.29 bits per heavy atom. The highest BCUT2D eigenvalue weighted by Gasteiger charge is 2.55. The molecule has 2 atom stereocenters. The Labute approximate surface area is 82.2 Å². The Morgan fingerprint density at radius 3 is 1.50 bits per heavy atom. The molecule has 0 aliphatic heterocycles. The first-order valence-corrected chi connectivity index (χ1v) is 4.46. The fourth-order valence-electron chi connectivity index (χ4n) is 1.74. The lowest BCUT2D eigenvalue weighted by molar-refractivity contribution is -0.171. The van der Waals surface area contributed by atoms with Crippen LogP contribution in [0.5, 0.6) is 0 Å². The predicted octanol–water partition coefficient (Wildman–Crippen LogP) is 1.52. The minimum absolute atomic E-state index is 0.269. The van der Waals surface area contributed by atoms with E-state index < -0.39 is 22.8 Å². The highest BCUT2D eigenvalue weighted by Crippen LogP contribution is 2.48. The van der Waals surface area contributed by atoms with Crippen LogP contribution in [0.4, 0.5) is 0 Å². The number of carboxylic acids is 2. The second-order valence-corrected chi connectivity index (χ2v) is 4.15. The molecule has 2 unspecified atom stereocenters. The van der Waals surface area contributed by atoms with Crippen LogP contribution in [-0.4, -0.2) is 22.2 Å². The number of allylic oxidation sites excluding steroid dienone is 2. The fourth-order valence-corrected chi connectivity index (χ4v) is 1.74. The summed E-state index contributed by atoms with van der Waals surface area (Å²) in [6.45, 7) is 2.99. The molecule has 1 aliphatic rings. The van der Waals surface area contributed by atoms with Gasteiger partial charge in [-0.2, -0.15) is 0 Å². The lowest BCUT2D eigenvalue weighted by atomic mass is 9.60. The quantitative estimate of drug-likeness (QED) is 0.659. The van der Waals surface area contributed by atoms with E-state index in [1.54, 1.807) is 12.2 Å². The van der Waals surface area contributed by atoms with Gasteiger partial charge >= 0.3 is 11.9 Å². The molecule has 1 aliphatic carbocycles. The average molecular weight is 198 g/mol. The third-order valence-corrected chi connectivity index (χ3v) is 3.38. The third kappa shape index (κ3) is 1.22. The molecular formula is C10H14O4. The van der Waals surface area contributed by atoms with E-state index in [2.05, 4.69) is 0 Å². The standard InChI is InChI=1S/C10H14O4/c1-9(7(11)12)5-3-4-6-10(9,2)8(13)14/h3-4H,5-6H2,1-2H3,(H,11,12)(H,13,14). The molecule has 4 heteroatoms. The number of hydrogen-bond acceptors (Lipinski definition) is 2. The number of hydrogen-bond donors (Lipinski definition) is 2. The molecule has 0 radical (unpaired) electrons. The van der Waals surface area contributed by atoms with Crippen LogP contribution in [0.15, 0.2) is 12.2 Å². The minimum atomic E-state index is -1.21. The molecule has 0 bridgehead atoms. The van der Waals surface area contributed by atoms with E-state index in [1.165, 1.54) is 13.8 Å². The molecule has 0 fully saturated rings. The van der Waals surface area contributed by atoms with Crippen molar-refractivity contribution >= 4 is 11.9 Å². The topological polar surface area (TPSA) is 74.6 Å². The monoisotopic (exact) mass is 198 g/mol. The van der Waals surface area contributed by atoms with Gasteiger partial charge in [0.2, 0.25) is 0 Å². The van der Waals surface area contributed by atoms with E-state index >= 15 is 0 Å². The van der Waals surface area contributed by atoms with Crippen LogP contribution in [-0.2, 0) is 9.59 Å². The van der Waals surface area contributed by atoms with Gasteiger partial charge in [-0.15, -0.1) is 0 Å². The molecule has 0 aromatic heterocycles. The summed E-state index contributed by atoms with van der Waals surface area (Å²) in [5.74, 6) is -2.10. The number of carbonyl (C=O) groups is 2. The van der Waals surface area contributed by atoms with Crippen molar-refractivity contribution in [2.24, 2.45) is 10.8 Å². The lowest BCUT2D eigenvalue weighted by Crippen LogP contribution is -2.49. The molecule has 1 rings (SSSR count). The zero-order chi connectivity index (χ0) is 11.0. The van der Waals surface area contributed by atoms with Crippen LogP contribution < -0.4 is 0 Å². The Balaban J connectivity index is 3.21. The van der Waals surface area contributed by atoms with Crippen LogP contribution in [0.2, 0.25) is 0 Å². The molecule has 0 saturated heterocycles. The van der Waals surface area contributed by atoms with Crippen LogP contribution in [0.1, 0.15) is 26.7 Å². The highest BCUT2D eigenvalue weighted by molar-refractivity contribution is 5.86. The van der Waals surface area contributed by atoms with Gasteiger partial charge in [-0.05, 0) is 26.7 Å². The van der Waals surface area contributed by atoms with Gasteiger partial charge in [0.1, 0.15) is 0 Å². The Morgan fingerprint density at radius 1 is 1.00 bits per heavy atom. The molecule has 0 spiro atoms. The van der Waals surface area contributed by atoms with Gasteiger partial charge in [0.15, 0.2) is 0 Å². The summed E-state index contributed by atoms with van der Waals surface area (Å²) < 4.78 is 0. The number of aliphatic carboxylic acids is 2. The molecule has 0 saturated carbocycles.